The van der Waals surface area contributed by atoms with Crippen LogP contribution in [0.25, 0.3) is 6.08 Å². The number of thiazole rings is 1. The van der Waals surface area contributed by atoms with E-state index in [-0.39, 0.29) is 24.7 Å². The van der Waals surface area contributed by atoms with E-state index in [2.05, 4.69) is 43.5 Å². The molecule has 5 rings (SSSR count). The molecule has 0 unspecified atom stereocenters. The van der Waals surface area contributed by atoms with Crippen molar-refractivity contribution in [1.29, 1.82) is 0 Å². The normalized spacial score (nSPS) is 14.7. The number of ether oxygens (including phenoxy) is 3. The molecule has 0 fully saturated rings. The molecule has 0 saturated heterocycles. The Morgan fingerprint density at radius 2 is 1.81 bits per heavy atom. The molecule has 0 amide bonds. The molecule has 8 nitrogen and oxygen atoms in total. The van der Waals surface area contributed by atoms with E-state index in [0.29, 0.717) is 44.1 Å². The fourth-order valence-electron chi connectivity index (χ4n) is 4.60. The summed E-state index contributed by atoms with van der Waals surface area (Å²) in [5, 5.41) is 1.92. The van der Waals surface area contributed by atoms with E-state index in [0.717, 1.165) is 18.5 Å². The Balaban J connectivity index is 1.54. The first kappa shape index (κ1) is 31.4. The maximum atomic E-state index is 14.0. The van der Waals surface area contributed by atoms with Crippen molar-refractivity contribution in [2.75, 3.05) is 13.2 Å². The number of fused-ring (bicyclic) bond motifs is 1. The van der Waals surface area contributed by atoms with Crippen molar-refractivity contribution >= 4 is 79.2 Å². The molecule has 0 saturated carbocycles. The third-order valence-electron chi connectivity index (χ3n) is 6.50. The summed E-state index contributed by atoms with van der Waals surface area (Å²) in [6.45, 7) is 6.07. The third-order valence-corrected chi connectivity index (χ3v) is 9.67. The van der Waals surface area contributed by atoms with Gasteiger partial charge in [-0.05, 0) is 90.7 Å². The number of allylic oxidation sites excluding steroid dienone is 1. The standard InChI is InChI=1S/C31H26BrIN2O6S2/c1-4-39-29(37)19-10-8-18(9-11-19)16-41-27-20(13-21(32)15-22(27)33)14-24-28(36)35-26(23-7-6-12-42-23)25(30(38)40-5-2)17(3)34-31(35)43-24/h6-15,26H,4-5,16H2,1-3H3/b24-14-/t26-/m0/s1. The van der Waals surface area contributed by atoms with Crippen molar-refractivity contribution < 1.29 is 23.8 Å². The molecule has 43 heavy (non-hydrogen) atoms. The Kier molecular flexibility index (Phi) is 9.99. The average molecular weight is 793 g/mol. The van der Waals surface area contributed by atoms with Crippen molar-refractivity contribution in [2.45, 2.75) is 33.4 Å². The number of carbonyl (C=O) groups excluding carboxylic acids is 2. The van der Waals surface area contributed by atoms with Crippen molar-refractivity contribution in [3.8, 4) is 5.75 Å². The number of hydrogen-bond donors (Lipinski definition) is 0. The molecule has 2 aromatic carbocycles. The SMILES string of the molecule is CCOC(=O)C1=C(C)N=c2s/c(=C\c3cc(Br)cc(I)c3OCc3ccc(C(=O)OCC)cc3)c(=O)n2[C@H]1c1cccs1. The van der Waals surface area contributed by atoms with Gasteiger partial charge in [0, 0.05) is 14.9 Å². The van der Waals surface area contributed by atoms with Crippen molar-refractivity contribution in [1.82, 2.24) is 4.57 Å². The number of halogens is 2. The van der Waals surface area contributed by atoms with Crippen LogP contribution in [0.15, 0.2) is 79.4 Å². The zero-order valence-corrected chi connectivity index (χ0v) is 28.8. The lowest BCUT2D eigenvalue weighted by atomic mass is 10.0. The van der Waals surface area contributed by atoms with Gasteiger partial charge in [-0.3, -0.25) is 9.36 Å². The Morgan fingerprint density at radius 3 is 2.49 bits per heavy atom. The second-order valence-corrected chi connectivity index (χ2v) is 13.4. The first-order valence-corrected chi connectivity index (χ1v) is 16.9. The average Bonchev–Trinajstić information content (AvgIpc) is 3.61. The lowest BCUT2D eigenvalue weighted by Crippen LogP contribution is -2.39. The summed E-state index contributed by atoms with van der Waals surface area (Å²) in [4.78, 5) is 45.0. The van der Waals surface area contributed by atoms with Gasteiger partial charge in [-0.15, -0.1) is 11.3 Å². The fraction of sp³-hybridized carbons (Fsp3) is 0.226. The first-order valence-electron chi connectivity index (χ1n) is 13.3. The molecule has 1 aliphatic heterocycles. The van der Waals surface area contributed by atoms with E-state index in [1.54, 1.807) is 43.5 Å². The van der Waals surface area contributed by atoms with Gasteiger partial charge < -0.3 is 14.2 Å². The largest absolute Gasteiger partial charge is 0.487 e. The van der Waals surface area contributed by atoms with Gasteiger partial charge in [-0.1, -0.05) is 45.5 Å². The van der Waals surface area contributed by atoms with Crippen molar-refractivity contribution in [3.05, 3.63) is 114 Å². The predicted octanol–water partition coefficient (Wildman–Crippen LogP) is 5.98. The van der Waals surface area contributed by atoms with Crippen LogP contribution in [0.4, 0.5) is 0 Å². The van der Waals surface area contributed by atoms with Crippen LogP contribution >= 0.6 is 61.2 Å². The molecule has 12 heteroatoms. The van der Waals surface area contributed by atoms with Crippen LogP contribution in [0.3, 0.4) is 0 Å². The molecular formula is C31H26BrIN2O6S2. The highest BCUT2D eigenvalue weighted by Gasteiger charge is 2.34. The molecule has 1 atom stereocenters. The smallest absolute Gasteiger partial charge is 0.338 e. The Morgan fingerprint density at radius 1 is 1.09 bits per heavy atom. The minimum absolute atomic E-state index is 0.219. The van der Waals surface area contributed by atoms with Gasteiger partial charge in [0.25, 0.3) is 5.56 Å². The molecular weight excluding hydrogens is 767 g/mol. The lowest BCUT2D eigenvalue weighted by Gasteiger charge is -2.23. The van der Waals surface area contributed by atoms with Crippen LogP contribution < -0.4 is 19.6 Å². The van der Waals surface area contributed by atoms with Crippen LogP contribution in [-0.2, 0) is 20.9 Å². The van der Waals surface area contributed by atoms with Crippen molar-refractivity contribution in [3.63, 3.8) is 0 Å². The zero-order chi connectivity index (χ0) is 30.7. The summed E-state index contributed by atoms with van der Waals surface area (Å²) in [7, 11) is 0. The molecule has 1 aliphatic rings. The summed E-state index contributed by atoms with van der Waals surface area (Å²) >= 11 is 8.51. The topological polar surface area (TPSA) is 96.2 Å². The van der Waals surface area contributed by atoms with E-state index in [1.165, 1.54) is 22.7 Å². The first-order chi connectivity index (χ1) is 20.7. The predicted molar refractivity (Wildman–Crippen MR) is 178 cm³/mol. The number of hydrogen-bond acceptors (Lipinski definition) is 9. The second-order valence-electron chi connectivity index (χ2n) is 9.33. The van der Waals surface area contributed by atoms with E-state index < -0.39 is 12.0 Å². The van der Waals surface area contributed by atoms with Gasteiger partial charge in [0.2, 0.25) is 0 Å². The van der Waals surface area contributed by atoms with E-state index >= 15 is 0 Å². The van der Waals surface area contributed by atoms with Crippen LogP contribution in [0.5, 0.6) is 5.75 Å². The quantitative estimate of drug-likeness (QED) is 0.153. The maximum Gasteiger partial charge on any atom is 0.338 e. The molecule has 0 N–H and O–H groups in total. The van der Waals surface area contributed by atoms with Crippen LogP contribution in [-0.4, -0.2) is 29.7 Å². The van der Waals surface area contributed by atoms with Gasteiger partial charge in [0.1, 0.15) is 18.4 Å². The highest BCUT2D eigenvalue weighted by Crippen LogP contribution is 2.34. The van der Waals surface area contributed by atoms with Gasteiger partial charge in [-0.25, -0.2) is 14.6 Å². The molecule has 0 spiro atoms. The minimum atomic E-state index is -0.631. The summed E-state index contributed by atoms with van der Waals surface area (Å²) in [5.41, 5.74) is 2.68. The maximum absolute atomic E-state index is 14.0. The van der Waals surface area contributed by atoms with Gasteiger partial charge in [-0.2, -0.15) is 0 Å². The minimum Gasteiger partial charge on any atom is -0.487 e. The highest BCUT2D eigenvalue weighted by atomic mass is 127. The third kappa shape index (κ3) is 6.71. The van der Waals surface area contributed by atoms with E-state index in [9.17, 15) is 14.4 Å². The van der Waals surface area contributed by atoms with Gasteiger partial charge in [0.15, 0.2) is 4.80 Å². The zero-order valence-electron chi connectivity index (χ0n) is 23.4. The number of thiophene rings is 1. The van der Waals surface area contributed by atoms with E-state index in [1.807, 2.05) is 41.8 Å². The molecule has 222 valence electrons. The number of nitrogens with zero attached hydrogens (tertiary/aromatic N) is 2. The molecule has 0 radical (unpaired) electrons. The molecule has 3 heterocycles. The molecule has 4 aromatic rings. The summed E-state index contributed by atoms with van der Waals surface area (Å²) in [6.07, 6.45) is 1.80. The van der Waals surface area contributed by atoms with E-state index in [4.69, 9.17) is 14.2 Å². The Bertz CT molecular complexity index is 1900. The van der Waals surface area contributed by atoms with Crippen LogP contribution in [0.2, 0.25) is 0 Å². The molecule has 0 bridgehead atoms. The monoisotopic (exact) mass is 792 g/mol. The molecule has 0 aliphatic carbocycles. The fourth-order valence-corrected chi connectivity index (χ4v) is 8.16. The number of rotatable bonds is 9. The van der Waals surface area contributed by atoms with Crippen LogP contribution in [0, 0.1) is 3.57 Å². The number of benzene rings is 2. The van der Waals surface area contributed by atoms with Gasteiger partial charge >= 0.3 is 11.9 Å². The number of esters is 2. The number of aromatic nitrogens is 1. The summed E-state index contributed by atoms with van der Waals surface area (Å²) in [6, 6.07) is 14.1. The van der Waals surface area contributed by atoms with Gasteiger partial charge in [0.05, 0.1) is 38.1 Å². The van der Waals surface area contributed by atoms with Crippen LogP contribution in [0.1, 0.15) is 53.2 Å². The van der Waals surface area contributed by atoms with Crippen molar-refractivity contribution in [2.24, 2.45) is 4.99 Å². The summed E-state index contributed by atoms with van der Waals surface area (Å²) < 4.78 is 20.4. The second kappa shape index (κ2) is 13.7. The lowest BCUT2D eigenvalue weighted by molar-refractivity contribution is -0.139. The number of carbonyl (C=O) groups is 2. The molecule has 2 aromatic heterocycles. The Labute approximate surface area is 277 Å². The Hall–Kier alpha value is -3.07. The highest BCUT2D eigenvalue weighted by molar-refractivity contribution is 14.1. The summed E-state index contributed by atoms with van der Waals surface area (Å²) in [5.74, 6) is -0.238.